The van der Waals surface area contributed by atoms with Gasteiger partial charge in [-0.3, -0.25) is 0 Å². The number of nitrogen functional groups attached to an aromatic ring is 1. The summed E-state index contributed by atoms with van der Waals surface area (Å²) >= 11 is 0. The maximum Gasteiger partial charge on any atom is 1.00 e. The molecule has 7 nitrogen and oxygen atoms in total. The van der Waals surface area contributed by atoms with Gasteiger partial charge in [-0.15, -0.1) is 17.7 Å². The zero-order valence-corrected chi connectivity index (χ0v) is 15.2. The molecule has 0 aliphatic heterocycles. The third kappa shape index (κ3) is 8.63. The fourth-order valence-electron chi connectivity index (χ4n) is 1.08. The van der Waals surface area contributed by atoms with E-state index in [1.807, 2.05) is 0 Å². The molecule has 0 atom stereocenters. The average molecular weight is 397 g/mol. The van der Waals surface area contributed by atoms with E-state index < -0.39 is 40.5 Å². The summed E-state index contributed by atoms with van der Waals surface area (Å²) in [4.78, 5) is 8.00. The molecular formula is C12H10ClF4N2NaO5. The summed E-state index contributed by atoms with van der Waals surface area (Å²) in [6, 6.07) is 3.82. The average Bonchev–Trinajstić information content (AvgIpc) is 2.52. The zero-order chi connectivity index (χ0) is 18.2. The molecule has 0 aromatic heterocycles. The van der Waals surface area contributed by atoms with E-state index in [1.54, 1.807) is 0 Å². The van der Waals surface area contributed by atoms with Gasteiger partial charge < -0.3 is 31.2 Å². The van der Waals surface area contributed by atoms with Crippen LogP contribution in [0.25, 0.3) is 0 Å². The first-order valence-electron chi connectivity index (χ1n) is 5.40. The van der Waals surface area contributed by atoms with E-state index in [-0.39, 0.29) is 47.7 Å². The predicted octanol–water partition coefficient (Wildman–Crippen LogP) is 0.305. The number of nitrogens with two attached hydrogens (primary N) is 1. The van der Waals surface area contributed by atoms with E-state index in [0.29, 0.717) is 0 Å². The Balaban J connectivity index is -0.000000313. The van der Waals surface area contributed by atoms with Crippen molar-refractivity contribution >= 4 is 18.1 Å². The van der Waals surface area contributed by atoms with Crippen LogP contribution in [0.1, 0.15) is 0 Å². The van der Waals surface area contributed by atoms with Crippen LogP contribution in [0, 0.1) is 33.4 Å². The van der Waals surface area contributed by atoms with Crippen molar-refractivity contribution < 1.29 is 62.4 Å². The molecule has 5 N–H and O–H groups in total. The van der Waals surface area contributed by atoms with Gasteiger partial charge in [-0.25, -0.2) is 4.39 Å². The molecule has 2 aromatic carbocycles. The molecule has 0 unspecified atom stereocenters. The molecule has 0 aliphatic carbocycles. The van der Waals surface area contributed by atoms with Crippen molar-refractivity contribution in [3.63, 3.8) is 0 Å². The Morgan fingerprint density at radius 2 is 1.04 bits per heavy atom. The van der Waals surface area contributed by atoms with E-state index in [9.17, 15) is 17.6 Å². The van der Waals surface area contributed by atoms with E-state index in [1.165, 1.54) is 0 Å². The second-order valence-corrected chi connectivity index (χ2v) is 3.61. The minimum Gasteiger partial charge on any atom is -0.505 e. The molecule has 0 radical (unpaired) electrons. The second kappa shape index (κ2) is 13.4. The SMILES string of the molecule is Cl.Nc1ccc(O)c(F)c1F.O=N[O-].Oc1ccc(O)c(F)c1F.[Na+]. The van der Waals surface area contributed by atoms with Crippen LogP contribution in [-0.4, -0.2) is 15.3 Å². The maximum atomic E-state index is 12.3. The molecule has 0 amide bonds. The van der Waals surface area contributed by atoms with Gasteiger partial charge in [-0.1, -0.05) is 0 Å². The van der Waals surface area contributed by atoms with E-state index in [2.05, 4.69) is 0 Å². The molecule has 25 heavy (non-hydrogen) atoms. The molecule has 0 aliphatic rings. The number of hydrogen-bond donors (Lipinski definition) is 4. The van der Waals surface area contributed by atoms with Gasteiger partial charge in [0.25, 0.3) is 0 Å². The van der Waals surface area contributed by atoms with Crippen LogP contribution in [0.3, 0.4) is 0 Å². The fraction of sp³-hybridized carbons (Fsp3) is 0. The van der Waals surface area contributed by atoms with Crippen molar-refractivity contribution in [2.45, 2.75) is 0 Å². The van der Waals surface area contributed by atoms with Crippen molar-refractivity contribution in [2.75, 3.05) is 5.73 Å². The van der Waals surface area contributed by atoms with E-state index in [0.717, 1.165) is 29.6 Å². The number of phenolic OH excluding ortho intramolecular Hbond substituents is 3. The largest absolute Gasteiger partial charge is 1.00 e. The van der Waals surface area contributed by atoms with Crippen LogP contribution >= 0.6 is 12.4 Å². The number of rotatable bonds is 0. The predicted molar refractivity (Wildman–Crippen MR) is 78.5 cm³/mol. The first kappa shape index (κ1) is 27.9. The van der Waals surface area contributed by atoms with Gasteiger partial charge in [-0.2, -0.15) is 13.2 Å². The Morgan fingerprint density at radius 1 is 0.800 bits per heavy atom. The molecule has 0 bridgehead atoms. The molecule has 134 valence electrons. The molecular weight excluding hydrogens is 387 g/mol. The minimum atomic E-state index is -1.43. The molecule has 0 heterocycles. The minimum absolute atomic E-state index is 0. The van der Waals surface area contributed by atoms with Crippen LogP contribution < -0.4 is 35.3 Å². The Kier molecular flexibility index (Phi) is 14.9. The Labute approximate surface area is 166 Å². The summed E-state index contributed by atoms with van der Waals surface area (Å²) in [5.74, 6) is -7.72. The van der Waals surface area contributed by atoms with Crippen molar-refractivity contribution in [3.05, 3.63) is 57.6 Å². The zero-order valence-electron chi connectivity index (χ0n) is 12.4. The summed E-state index contributed by atoms with van der Waals surface area (Å²) in [6.07, 6.45) is 0. The standard InChI is InChI=1S/C6H5F2NO.C6H4F2O2.ClH.HNO2.Na/c2*7-5-3(9)1-2-4(10)6(5)8;;2-1-3;/h1-2,10H,9H2;1-2,9-10H;1H;(H,2,3);/q;;;;+1/p-1. The Morgan fingerprint density at radius 3 is 1.32 bits per heavy atom. The van der Waals surface area contributed by atoms with Crippen LogP contribution in [0.15, 0.2) is 29.6 Å². The molecule has 0 spiro atoms. The number of nitrogens with zero attached hydrogens (tertiary/aromatic N) is 1. The number of phenols is 3. The molecule has 0 fully saturated rings. The number of anilines is 1. The van der Waals surface area contributed by atoms with Crippen molar-refractivity contribution in [2.24, 2.45) is 5.34 Å². The fourth-order valence-corrected chi connectivity index (χ4v) is 1.08. The summed E-state index contributed by atoms with van der Waals surface area (Å²) in [5, 5.41) is 34.6. The smallest absolute Gasteiger partial charge is 0.505 e. The summed E-state index contributed by atoms with van der Waals surface area (Å²) in [5.41, 5.74) is 4.65. The maximum absolute atomic E-state index is 12.3. The van der Waals surface area contributed by atoms with Crippen LogP contribution in [0.2, 0.25) is 0 Å². The van der Waals surface area contributed by atoms with Crippen molar-refractivity contribution in [1.82, 2.24) is 0 Å². The van der Waals surface area contributed by atoms with Gasteiger partial charge in [0.1, 0.15) is 0 Å². The molecule has 13 heteroatoms. The van der Waals surface area contributed by atoms with Crippen LogP contribution in [0.4, 0.5) is 23.2 Å². The van der Waals surface area contributed by atoms with Crippen LogP contribution in [-0.2, 0) is 0 Å². The molecule has 2 aromatic rings. The first-order valence-corrected chi connectivity index (χ1v) is 5.40. The molecule has 0 saturated carbocycles. The molecule has 2 rings (SSSR count). The van der Waals surface area contributed by atoms with Crippen molar-refractivity contribution in [3.8, 4) is 17.2 Å². The number of hydrogen-bond acceptors (Lipinski definition) is 7. The Hall–Kier alpha value is -1.95. The van der Waals surface area contributed by atoms with E-state index >= 15 is 0 Å². The van der Waals surface area contributed by atoms with Gasteiger partial charge >= 0.3 is 29.6 Å². The summed E-state index contributed by atoms with van der Waals surface area (Å²) in [7, 11) is 0. The second-order valence-electron chi connectivity index (χ2n) is 3.61. The van der Waals surface area contributed by atoms with Gasteiger partial charge in [0.15, 0.2) is 23.1 Å². The first-order chi connectivity index (χ1) is 10.7. The monoisotopic (exact) mass is 396 g/mol. The van der Waals surface area contributed by atoms with Crippen molar-refractivity contribution in [1.29, 1.82) is 0 Å². The topological polar surface area (TPSA) is 139 Å². The number of benzene rings is 2. The normalized spacial score (nSPS) is 8.32. The van der Waals surface area contributed by atoms with E-state index in [4.69, 9.17) is 31.2 Å². The summed E-state index contributed by atoms with van der Waals surface area (Å²) in [6.45, 7) is 0. The molecule has 0 saturated heterocycles. The van der Waals surface area contributed by atoms with Gasteiger partial charge in [-0.05, 0) is 24.3 Å². The summed E-state index contributed by atoms with van der Waals surface area (Å²) < 4.78 is 49.0. The third-order valence-electron chi connectivity index (χ3n) is 2.13. The van der Waals surface area contributed by atoms with Gasteiger partial charge in [0.05, 0.1) is 5.69 Å². The van der Waals surface area contributed by atoms with Crippen LogP contribution in [0.5, 0.6) is 17.2 Å². The van der Waals surface area contributed by atoms with Gasteiger partial charge in [0.2, 0.25) is 17.5 Å². The number of aromatic hydroxyl groups is 3. The van der Waals surface area contributed by atoms with Gasteiger partial charge in [0, 0.05) is 0 Å². The Bertz CT molecular complexity index is 588. The third-order valence-corrected chi connectivity index (χ3v) is 2.13. The number of halogens is 5. The quantitative estimate of drug-likeness (QED) is 0.126.